The number of carbonyl (C=O) groups is 2. The number of rotatable bonds is 11. The van der Waals surface area contributed by atoms with Gasteiger partial charge in [-0.15, -0.1) is 0 Å². The summed E-state index contributed by atoms with van der Waals surface area (Å²) in [5, 5.41) is 9.03. The summed E-state index contributed by atoms with van der Waals surface area (Å²) in [4.78, 5) is 35.2. The van der Waals surface area contributed by atoms with Gasteiger partial charge in [-0.1, -0.05) is 19.1 Å². The molecule has 0 saturated heterocycles. The van der Waals surface area contributed by atoms with Gasteiger partial charge in [-0.2, -0.15) is 0 Å². The van der Waals surface area contributed by atoms with Crippen LogP contribution in [0, 0.1) is 0 Å². The second kappa shape index (κ2) is 11.4. The van der Waals surface area contributed by atoms with Crippen LogP contribution in [0.15, 0.2) is 24.3 Å². The maximum Gasteiger partial charge on any atom is 0.271 e. The van der Waals surface area contributed by atoms with E-state index in [1.807, 2.05) is 50.1 Å². The molecule has 5 N–H and O–H groups in total. The lowest BCUT2D eigenvalue weighted by Gasteiger charge is -2.25. The average Bonchev–Trinajstić information content (AvgIpc) is 2.77. The number of amides is 2. The summed E-state index contributed by atoms with van der Waals surface area (Å²) < 4.78 is 0. The van der Waals surface area contributed by atoms with E-state index in [1.165, 1.54) is 0 Å². The fourth-order valence-corrected chi connectivity index (χ4v) is 3.04. The van der Waals surface area contributed by atoms with Crippen LogP contribution in [0.5, 0.6) is 0 Å². The fourth-order valence-electron chi connectivity index (χ4n) is 3.04. The molecule has 0 radical (unpaired) electrons. The zero-order valence-electron chi connectivity index (χ0n) is 19.8. The van der Waals surface area contributed by atoms with Crippen LogP contribution in [0.25, 0.3) is 0 Å². The van der Waals surface area contributed by atoms with Crippen LogP contribution in [-0.2, 0) is 17.6 Å². The third kappa shape index (κ3) is 6.40. The monoisotopic (exact) mass is 441 g/mol. The molecule has 32 heavy (non-hydrogen) atoms. The van der Waals surface area contributed by atoms with Crippen molar-refractivity contribution in [2.45, 2.75) is 52.6 Å². The third-order valence-corrected chi connectivity index (χ3v) is 5.35. The van der Waals surface area contributed by atoms with Crippen LogP contribution in [0.1, 0.15) is 49.4 Å². The number of aromatic nitrogens is 2. The van der Waals surface area contributed by atoms with E-state index in [2.05, 4.69) is 34.8 Å². The summed E-state index contributed by atoms with van der Waals surface area (Å²) in [7, 11) is 3.70. The minimum Gasteiger partial charge on any atom is -0.364 e. The molecule has 174 valence electrons. The molecule has 0 fully saturated rings. The molecule has 1 aromatic carbocycles. The Balaban J connectivity index is 2.26. The minimum atomic E-state index is -0.633. The van der Waals surface area contributed by atoms with Crippen molar-refractivity contribution in [2.75, 3.05) is 30.9 Å². The molecule has 0 bridgehead atoms. The molecule has 0 aliphatic heterocycles. The lowest BCUT2D eigenvalue weighted by molar-refractivity contribution is -0.122. The van der Waals surface area contributed by atoms with Gasteiger partial charge in [0.05, 0.1) is 11.7 Å². The van der Waals surface area contributed by atoms with Gasteiger partial charge in [0.15, 0.2) is 17.3 Å². The quantitative estimate of drug-likeness (QED) is 0.420. The van der Waals surface area contributed by atoms with Crippen LogP contribution >= 0.6 is 0 Å². The summed E-state index contributed by atoms with van der Waals surface area (Å²) in [6, 6.07) is 7.72. The van der Waals surface area contributed by atoms with Crippen LogP contribution < -0.4 is 26.6 Å². The van der Waals surface area contributed by atoms with Crippen molar-refractivity contribution >= 4 is 29.1 Å². The average molecular weight is 442 g/mol. The van der Waals surface area contributed by atoms with Gasteiger partial charge in [-0.3, -0.25) is 9.59 Å². The SMILES string of the molecule is CCc1nc(C(N)=O)c(Nc2cccc(CCNC(=O)C(C)NC)c2)nc1N(C)C(C)C. The van der Waals surface area contributed by atoms with Gasteiger partial charge in [-0.25, -0.2) is 9.97 Å². The van der Waals surface area contributed by atoms with E-state index in [9.17, 15) is 9.59 Å². The summed E-state index contributed by atoms with van der Waals surface area (Å²) in [6.07, 6.45) is 1.30. The summed E-state index contributed by atoms with van der Waals surface area (Å²) in [6.45, 7) is 8.44. The molecule has 2 rings (SSSR count). The molecule has 0 aliphatic rings. The molecule has 0 spiro atoms. The summed E-state index contributed by atoms with van der Waals surface area (Å²) in [5.74, 6) is 0.366. The number of benzene rings is 1. The molecular weight excluding hydrogens is 406 g/mol. The first-order chi connectivity index (χ1) is 15.2. The van der Waals surface area contributed by atoms with Gasteiger partial charge >= 0.3 is 0 Å². The molecule has 1 unspecified atom stereocenters. The molecule has 1 aromatic heterocycles. The first-order valence-electron chi connectivity index (χ1n) is 10.9. The van der Waals surface area contributed by atoms with Crippen LogP contribution in [-0.4, -0.2) is 54.5 Å². The molecular formula is C23H35N7O2. The van der Waals surface area contributed by atoms with E-state index in [0.717, 1.165) is 16.9 Å². The van der Waals surface area contributed by atoms with Crippen LogP contribution in [0.4, 0.5) is 17.3 Å². The summed E-state index contributed by atoms with van der Waals surface area (Å²) in [5.41, 5.74) is 8.23. The Kier molecular flexibility index (Phi) is 8.95. The second-order valence-corrected chi connectivity index (χ2v) is 7.99. The zero-order valence-corrected chi connectivity index (χ0v) is 19.8. The van der Waals surface area contributed by atoms with Crippen molar-refractivity contribution in [3.05, 3.63) is 41.2 Å². The fraction of sp³-hybridized carbons (Fsp3) is 0.478. The Bertz CT molecular complexity index is 946. The number of likely N-dealkylation sites (N-methyl/N-ethyl adjacent to an activating group) is 1. The Labute approximate surface area is 190 Å². The maximum absolute atomic E-state index is 12.1. The highest BCUT2D eigenvalue weighted by Gasteiger charge is 2.20. The topological polar surface area (TPSA) is 125 Å². The second-order valence-electron chi connectivity index (χ2n) is 7.99. The first kappa shape index (κ1) is 25.1. The lowest BCUT2D eigenvalue weighted by atomic mass is 10.1. The number of hydrogen-bond acceptors (Lipinski definition) is 7. The zero-order chi connectivity index (χ0) is 23.8. The highest BCUT2D eigenvalue weighted by atomic mass is 16.2. The normalized spacial score (nSPS) is 11.8. The van der Waals surface area contributed by atoms with Gasteiger partial charge in [0.2, 0.25) is 5.91 Å². The molecule has 2 amide bonds. The Morgan fingerprint density at radius 2 is 1.91 bits per heavy atom. The van der Waals surface area contributed by atoms with Crippen molar-refractivity contribution in [1.29, 1.82) is 0 Å². The number of nitrogens with zero attached hydrogens (tertiary/aromatic N) is 3. The lowest BCUT2D eigenvalue weighted by Crippen LogP contribution is -2.41. The van der Waals surface area contributed by atoms with Gasteiger partial charge in [-0.05, 0) is 58.4 Å². The number of primary amides is 1. The Morgan fingerprint density at radius 3 is 2.50 bits per heavy atom. The molecule has 1 atom stereocenters. The Morgan fingerprint density at radius 1 is 1.19 bits per heavy atom. The van der Waals surface area contributed by atoms with E-state index in [4.69, 9.17) is 10.7 Å². The molecule has 9 nitrogen and oxygen atoms in total. The molecule has 2 aromatic rings. The highest BCUT2D eigenvalue weighted by molar-refractivity contribution is 5.96. The summed E-state index contributed by atoms with van der Waals surface area (Å²) >= 11 is 0. The molecule has 0 saturated carbocycles. The van der Waals surface area contributed by atoms with Crippen LogP contribution in [0.3, 0.4) is 0 Å². The highest BCUT2D eigenvalue weighted by Crippen LogP contribution is 2.25. The number of carbonyl (C=O) groups excluding carboxylic acids is 2. The van der Waals surface area contributed by atoms with Gasteiger partial charge < -0.3 is 26.6 Å². The van der Waals surface area contributed by atoms with Crippen LogP contribution in [0.2, 0.25) is 0 Å². The van der Waals surface area contributed by atoms with E-state index in [-0.39, 0.29) is 23.7 Å². The van der Waals surface area contributed by atoms with Gasteiger partial charge in [0.25, 0.3) is 5.91 Å². The molecule has 9 heteroatoms. The molecule has 0 aliphatic carbocycles. The Hall–Kier alpha value is -3.20. The number of nitrogens with one attached hydrogen (secondary N) is 3. The van der Waals surface area contributed by atoms with Crippen molar-refractivity contribution in [1.82, 2.24) is 20.6 Å². The van der Waals surface area contributed by atoms with Crippen molar-refractivity contribution in [3.63, 3.8) is 0 Å². The van der Waals surface area contributed by atoms with E-state index in [0.29, 0.717) is 31.0 Å². The first-order valence-corrected chi connectivity index (χ1v) is 10.9. The number of nitrogens with two attached hydrogens (primary N) is 1. The third-order valence-electron chi connectivity index (χ3n) is 5.35. The standard InChI is InChI=1S/C23H35N7O2/c1-7-18-22(30(6)14(2)3)29-21(19(28-18)20(24)31)27-17-10-8-9-16(13-17)11-12-26-23(32)15(4)25-5/h8-10,13-15,25H,7,11-12H2,1-6H3,(H2,24,31)(H,26,32)(H,27,29). The van der Waals surface area contributed by atoms with E-state index >= 15 is 0 Å². The van der Waals surface area contributed by atoms with Crippen molar-refractivity contribution in [2.24, 2.45) is 5.73 Å². The largest absolute Gasteiger partial charge is 0.364 e. The van der Waals surface area contributed by atoms with Gasteiger partial charge in [0.1, 0.15) is 0 Å². The van der Waals surface area contributed by atoms with Gasteiger partial charge in [0, 0.05) is 25.3 Å². The van der Waals surface area contributed by atoms with E-state index < -0.39 is 5.91 Å². The smallest absolute Gasteiger partial charge is 0.271 e. The number of anilines is 3. The predicted octanol–water partition coefficient (Wildman–Crippen LogP) is 1.99. The van der Waals surface area contributed by atoms with Crippen molar-refractivity contribution < 1.29 is 9.59 Å². The van der Waals surface area contributed by atoms with Crippen molar-refractivity contribution in [3.8, 4) is 0 Å². The number of hydrogen-bond donors (Lipinski definition) is 4. The minimum absolute atomic E-state index is 0.0408. The molecule has 1 heterocycles. The maximum atomic E-state index is 12.1. The van der Waals surface area contributed by atoms with E-state index in [1.54, 1.807) is 7.05 Å². The number of aryl methyl sites for hydroxylation is 1. The predicted molar refractivity (Wildman–Crippen MR) is 128 cm³/mol.